The highest BCUT2D eigenvalue weighted by Crippen LogP contribution is 2.26. The van der Waals surface area contributed by atoms with Crippen LogP contribution in [0.4, 0.5) is 20.2 Å². The fourth-order valence-corrected chi connectivity index (χ4v) is 4.20. The van der Waals surface area contributed by atoms with Crippen molar-refractivity contribution < 1.29 is 23.1 Å². The van der Waals surface area contributed by atoms with Crippen LogP contribution in [0.5, 0.6) is 5.75 Å². The summed E-state index contributed by atoms with van der Waals surface area (Å²) in [6.45, 7) is 2.06. The SMILES string of the molecule is O=C(Nc1ccc(O[C@@H]2CCN(C(=O)c3ccc(F)c(F)c3)C2)cc1)C1CN(c2ccnnc2)C1. The van der Waals surface area contributed by atoms with Crippen molar-refractivity contribution in [3.8, 4) is 5.75 Å². The van der Waals surface area contributed by atoms with Crippen LogP contribution in [0.3, 0.4) is 0 Å². The molecule has 2 saturated heterocycles. The van der Waals surface area contributed by atoms with E-state index in [4.69, 9.17) is 4.74 Å². The summed E-state index contributed by atoms with van der Waals surface area (Å²) in [5, 5.41) is 10.5. The van der Waals surface area contributed by atoms with Crippen LogP contribution in [0.15, 0.2) is 60.9 Å². The van der Waals surface area contributed by atoms with Crippen LogP contribution in [-0.4, -0.2) is 59.2 Å². The molecule has 2 amide bonds. The summed E-state index contributed by atoms with van der Waals surface area (Å²) < 4.78 is 32.6. The lowest BCUT2D eigenvalue weighted by atomic mass is 9.98. The molecule has 2 aromatic carbocycles. The first-order valence-corrected chi connectivity index (χ1v) is 11.3. The van der Waals surface area contributed by atoms with Crippen LogP contribution in [0.1, 0.15) is 16.8 Å². The number of likely N-dealkylation sites (tertiary alicyclic amines) is 1. The lowest BCUT2D eigenvalue weighted by molar-refractivity contribution is -0.120. The van der Waals surface area contributed by atoms with Crippen molar-refractivity contribution in [2.75, 3.05) is 36.4 Å². The fraction of sp³-hybridized carbons (Fsp3) is 0.280. The van der Waals surface area contributed by atoms with Crippen LogP contribution < -0.4 is 15.0 Å². The van der Waals surface area contributed by atoms with Crippen molar-refractivity contribution in [3.63, 3.8) is 0 Å². The standard InChI is InChI=1S/C25H23F2N5O3/c26-22-6-1-16(11-23(22)27)25(34)31-10-8-21(15-31)35-20-4-2-18(3-5-20)30-24(33)17-13-32(14-17)19-7-9-28-29-12-19/h1-7,9,11-12,17,21H,8,10,13-15H2,(H,30,33)/t21-/m1/s1. The molecule has 0 spiro atoms. The minimum Gasteiger partial charge on any atom is -0.489 e. The average molecular weight is 479 g/mol. The quantitative estimate of drug-likeness (QED) is 0.585. The molecule has 35 heavy (non-hydrogen) atoms. The smallest absolute Gasteiger partial charge is 0.254 e. The third kappa shape index (κ3) is 5.06. The number of carbonyl (C=O) groups is 2. The Balaban J connectivity index is 1.09. The van der Waals surface area contributed by atoms with Crippen molar-refractivity contribution in [3.05, 3.63) is 78.1 Å². The number of ether oxygens (including phenoxy) is 1. The highest BCUT2D eigenvalue weighted by Gasteiger charge is 2.33. The number of amides is 2. The molecule has 0 radical (unpaired) electrons. The Morgan fingerprint density at radius 2 is 1.77 bits per heavy atom. The molecule has 1 atom stereocenters. The predicted molar refractivity (Wildman–Crippen MR) is 124 cm³/mol. The Hall–Kier alpha value is -4.08. The van der Waals surface area contributed by atoms with Gasteiger partial charge in [-0.05, 0) is 48.5 Å². The summed E-state index contributed by atoms with van der Waals surface area (Å²) in [5.41, 5.74) is 1.73. The molecule has 1 N–H and O–H groups in total. The van der Waals surface area contributed by atoms with E-state index in [0.29, 0.717) is 44.0 Å². The summed E-state index contributed by atoms with van der Waals surface area (Å²) in [4.78, 5) is 28.7. The van der Waals surface area contributed by atoms with E-state index in [9.17, 15) is 18.4 Å². The van der Waals surface area contributed by atoms with Gasteiger partial charge in [-0.1, -0.05) is 0 Å². The molecule has 1 aromatic heterocycles. The minimum absolute atomic E-state index is 0.0425. The zero-order valence-electron chi connectivity index (χ0n) is 18.7. The number of rotatable bonds is 6. The van der Waals surface area contributed by atoms with E-state index >= 15 is 0 Å². The van der Waals surface area contributed by atoms with Crippen molar-refractivity contribution in [2.24, 2.45) is 5.92 Å². The zero-order chi connectivity index (χ0) is 24.4. The number of halogens is 2. The van der Waals surface area contributed by atoms with Gasteiger partial charge in [0.2, 0.25) is 5.91 Å². The third-order valence-electron chi connectivity index (χ3n) is 6.21. The summed E-state index contributed by atoms with van der Waals surface area (Å²) in [6.07, 6.45) is 3.71. The molecular formula is C25H23F2N5O3. The van der Waals surface area contributed by atoms with Gasteiger partial charge in [0.25, 0.3) is 5.91 Å². The van der Waals surface area contributed by atoms with Crippen LogP contribution in [-0.2, 0) is 4.79 Å². The topological polar surface area (TPSA) is 87.7 Å². The molecule has 2 aliphatic rings. The monoisotopic (exact) mass is 479 g/mol. The van der Waals surface area contributed by atoms with E-state index in [1.165, 1.54) is 6.07 Å². The van der Waals surface area contributed by atoms with Crippen molar-refractivity contribution in [1.82, 2.24) is 15.1 Å². The number of hydrogen-bond acceptors (Lipinski definition) is 6. The Labute approximate surface area is 200 Å². The number of hydrogen-bond donors (Lipinski definition) is 1. The van der Waals surface area contributed by atoms with Gasteiger partial charge < -0.3 is 19.9 Å². The van der Waals surface area contributed by atoms with E-state index in [-0.39, 0.29) is 29.4 Å². The summed E-state index contributed by atoms with van der Waals surface area (Å²) in [7, 11) is 0. The Morgan fingerprint density at radius 3 is 2.49 bits per heavy atom. The first kappa shape index (κ1) is 22.7. The Bertz CT molecular complexity index is 1220. The number of nitrogens with zero attached hydrogens (tertiary/aromatic N) is 4. The lowest BCUT2D eigenvalue weighted by Crippen LogP contribution is -2.52. The summed E-state index contributed by atoms with van der Waals surface area (Å²) in [6, 6.07) is 12.1. The molecule has 180 valence electrons. The van der Waals surface area contributed by atoms with Crippen molar-refractivity contribution in [1.29, 1.82) is 0 Å². The predicted octanol–water partition coefficient (Wildman–Crippen LogP) is 3.12. The summed E-state index contributed by atoms with van der Waals surface area (Å²) >= 11 is 0. The molecule has 0 bridgehead atoms. The number of benzene rings is 2. The van der Waals surface area contributed by atoms with E-state index < -0.39 is 11.6 Å². The van der Waals surface area contributed by atoms with E-state index in [0.717, 1.165) is 17.8 Å². The molecule has 0 aliphatic carbocycles. The van der Waals surface area contributed by atoms with Gasteiger partial charge in [-0.25, -0.2) is 8.78 Å². The number of nitrogens with one attached hydrogen (secondary N) is 1. The van der Waals surface area contributed by atoms with Crippen LogP contribution >= 0.6 is 0 Å². The van der Waals surface area contributed by atoms with Gasteiger partial charge >= 0.3 is 0 Å². The maximum atomic E-state index is 13.5. The largest absolute Gasteiger partial charge is 0.489 e. The first-order chi connectivity index (χ1) is 17.0. The molecule has 2 fully saturated rings. The van der Waals surface area contributed by atoms with Crippen LogP contribution in [0.2, 0.25) is 0 Å². The number of aromatic nitrogens is 2. The third-order valence-corrected chi connectivity index (χ3v) is 6.21. The summed E-state index contributed by atoms with van der Waals surface area (Å²) in [5.74, 6) is -1.91. The van der Waals surface area contributed by atoms with Gasteiger partial charge in [-0.3, -0.25) is 9.59 Å². The van der Waals surface area contributed by atoms with Crippen LogP contribution in [0.25, 0.3) is 0 Å². The fourth-order valence-electron chi connectivity index (χ4n) is 4.20. The second-order valence-corrected chi connectivity index (χ2v) is 8.62. The van der Waals surface area contributed by atoms with Crippen molar-refractivity contribution in [2.45, 2.75) is 12.5 Å². The molecular weight excluding hydrogens is 456 g/mol. The first-order valence-electron chi connectivity index (χ1n) is 11.3. The lowest BCUT2D eigenvalue weighted by Gasteiger charge is -2.39. The second-order valence-electron chi connectivity index (χ2n) is 8.62. The second kappa shape index (κ2) is 9.65. The number of anilines is 2. The highest BCUT2D eigenvalue weighted by molar-refractivity contribution is 5.95. The Morgan fingerprint density at radius 1 is 0.971 bits per heavy atom. The molecule has 10 heteroatoms. The molecule has 2 aliphatic heterocycles. The molecule has 0 saturated carbocycles. The molecule has 5 rings (SSSR count). The maximum Gasteiger partial charge on any atom is 0.254 e. The molecule has 8 nitrogen and oxygen atoms in total. The van der Waals surface area contributed by atoms with Gasteiger partial charge in [-0.2, -0.15) is 10.2 Å². The molecule has 0 unspecified atom stereocenters. The average Bonchev–Trinajstić information content (AvgIpc) is 3.30. The van der Waals surface area contributed by atoms with Gasteiger partial charge in [0.15, 0.2) is 11.6 Å². The maximum absolute atomic E-state index is 13.5. The van der Waals surface area contributed by atoms with E-state index in [2.05, 4.69) is 20.4 Å². The van der Waals surface area contributed by atoms with Gasteiger partial charge in [0.05, 0.1) is 30.5 Å². The zero-order valence-corrected chi connectivity index (χ0v) is 18.7. The Kier molecular flexibility index (Phi) is 6.26. The highest BCUT2D eigenvalue weighted by atomic mass is 19.2. The van der Waals surface area contributed by atoms with Crippen LogP contribution in [0, 0.1) is 17.6 Å². The van der Waals surface area contributed by atoms with Crippen molar-refractivity contribution >= 4 is 23.2 Å². The molecule has 3 heterocycles. The van der Waals surface area contributed by atoms with Gasteiger partial charge in [0, 0.05) is 37.3 Å². The van der Waals surface area contributed by atoms with Gasteiger partial charge in [-0.15, -0.1) is 0 Å². The molecule has 3 aromatic rings. The normalized spacial score (nSPS) is 17.7. The van der Waals surface area contributed by atoms with E-state index in [1.807, 2.05) is 6.07 Å². The number of carbonyl (C=O) groups excluding carboxylic acids is 2. The van der Waals surface area contributed by atoms with Gasteiger partial charge in [0.1, 0.15) is 11.9 Å². The van der Waals surface area contributed by atoms with E-state index in [1.54, 1.807) is 41.6 Å². The minimum atomic E-state index is -1.05.